The average molecular weight is 296 g/mol. The lowest BCUT2D eigenvalue weighted by Crippen LogP contribution is -2.35. The monoisotopic (exact) mass is 295 g/mol. The van der Waals surface area contributed by atoms with Crippen LogP contribution in [0.1, 0.15) is 30.1 Å². The van der Waals surface area contributed by atoms with Gasteiger partial charge < -0.3 is 0 Å². The molecule has 0 spiro atoms. The van der Waals surface area contributed by atoms with Crippen LogP contribution in [0.3, 0.4) is 0 Å². The van der Waals surface area contributed by atoms with Gasteiger partial charge in [-0.25, -0.2) is 0 Å². The summed E-state index contributed by atoms with van der Waals surface area (Å²) in [7, 11) is 2.04. The van der Waals surface area contributed by atoms with Crippen molar-refractivity contribution in [3.8, 4) is 0 Å². The van der Waals surface area contributed by atoms with Crippen molar-refractivity contribution in [1.82, 2.24) is 4.90 Å². The number of halogens is 1. The van der Waals surface area contributed by atoms with E-state index in [-0.39, 0.29) is 5.78 Å². The molecule has 1 atom stereocenters. The first-order valence-corrected chi connectivity index (χ1v) is 6.87. The number of ketones is 1. The molecule has 2 rings (SSSR count). The van der Waals surface area contributed by atoms with Crippen LogP contribution in [0.2, 0.25) is 0 Å². The van der Waals surface area contributed by atoms with Crippen LogP contribution in [0.15, 0.2) is 28.7 Å². The van der Waals surface area contributed by atoms with Crippen molar-refractivity contribution in [2.24, 2.45) is 5.92 Å². The molecular formula is C14H18BrNO. The van der Waals surface area contributed by atoms with E-state index in [1.807, 2.05) is 31.3 Å². The Labute approximate surface area is 111 Å². The third-order valence-electron chi connectivity index (χ3n) is 3.57. The Morgan fingerprint density at radius 3 is 2.71 bits per heavy atom. The molecule has 0 amide bonds. The molecule has 0 radical (unpaired) electrons. The van der Waals surface area contributed by atoms with Gasteiger partial charge in [0.2, 0.25) is 0 Å². The summed E-state index contributed by atoms with van der Waals surface area (Å²) in [6.45, 7) is 2.71. The van der Waals surface area contributed by atoms with Crippen molar-refractivity contribution in [2.45, 2.75) is 25.8 Å². The van der Waals surface area contributed by atoms with Gasteiger partial charge in [0.15, 0.2) is 5.78 Å². The van der Waals surface area contributed by atoms with E-state index in [0.717, 1.165) is 16.0 Å². The lowest BCUT2D eigenvalue weighted by atomic mass is 10.1. The minimum atomic E-state index is 0.187. The van der Waals surface area contributed by atoms with Crippen molar-refractivity contribution in [2.75, 3.05) is 13.6 Å². The van der Waals surface area contributed by atoms with Gasteiger partial charge in [-0.1, -0.05) is 34.1 Å². The number of carbonyl (C=O) groups is 1. The molecule has 1 fully saturated rings. The summed E-state index contributed by atoms with van der Waals surface area (Å²) in [5, 5.41) is 0. The molecule has 0 saturated heterocycles. The van der Waals surface area contributed by atoms with E-state index in [2.05, 4.69) is 27.8 Å². The van der Waals surface area contributed by atoms with E-state index in [4.69, 9.17) is 0 Å². The fourth-order valence-electron chi connectivity index (χ4n) is 2.08. The van der Waals surface area contributed by atoms with Gasteiger partial charge in [0.25, 0.3) is 0 Å². The maximum absolute atomic E-state index is 12.2. The number of carbonyl (C=O) groups excluding carboxylic acids is 1. The molecule has 0 heterocycles. The second-order valence-corrected chi connectivity index (χ2v) is 5.75. The van der Waals surface area contributed by atoms with Crippen LogP contribution in [-0.2, 0) is 0 Å². The number of Topliss-reactive ketones (excluding diaryl/α,β-unsaturated/α-hetero) is 1. The number of hydrogen-bond donors (Lipinski definition) is 0. The number of benzene rings is 1. The van der Waals surface area contributed by atoms with Gasteiger partial charge >= 0.3 is 0 Å². The normalized spacial score (nSPS) is 17.2. The van der Waals surface area contributed by atoms with Crippen LogP contribution < -0.4 is 0 Å². The Morgan fingerprint density at radius 1 is 1.47 bits per heavy atom. The minimum Gasteiger partial charge on any atom is -0.296 e. The van der Waals surface area contributed by atoms with Gasteiger partial charge in [-0.3, -0.25) is 9.69 Å². The molecule has 0 aromatic heterocycles. The summed E-state index contributed by atoms with van der Waals surface area (Å²) in [5.74, 6) is 0.986. The Morgan fingerprint density at radius 2 is 2.12 bits per heavy atom. The van der Waals surface area contributed by atoms with Crippen molar-refractivity contribution >= 4 is 21.7 Å². The predicted molar refractivity (Wildman–Crippen MR) is 73.3 cm³/mol. The number of nitrogens with zero attached hydrogens (tertiary/aromatic N) is 1. The van der Waals surface area contributed by atoms with Crippen LogP contribution in [0.5, 0.6) is 0 Å². The van der Waals surface area contributed by atoms with Crippen LogP contribution in [-0.4, -0.2) is 30.3 Å². The van der Waals surface area contributed by atoms with Crippen LogP contribution in [0.25, 0.3) is 0 Å². The second kappa shape index (κ2) is 5.32. The summed E-state index contributed by atoms with van der Waals surface area (Å²) in [4.78, 5) is 14.3. The molecule has 0 N–H and O–H groups in total. The van der Waals surface area contributed by atoms with Gasteiger partial charge in [-0.15, -0.1) is 0 Å². The SMILES string of the molecule is CC(C1CC1)N(C)CC(=O)c1ccccc1Br. The number of rotatable bonds is 5. The maximum atomic E-state index is 12.2. The Balaban J connectivity index is 1.99. The molecule has 3 heteroatoms. The molecule has 1 saturated carbocycles. The van der Waals surface area contributed by atoms with E-state index < -0.39 is 0 Å². The van der Waals surface area contributed by atoms with Gasteiger partial charge in [0, 0.05) is 16.1 Å². The molecule has 1 aliphatic carbocycles. The van der Waals surface area contributed by atoms with Crippen molar-refractivity contribution in [3.63, 3.8) is 0 Å². The molecule has 17 heavy (non-hydrogen) atoms. The quantitative estimate of drug-likeness (QED) is 0.777. The summed E-state index contributed by atoms with van der Waals surface area (Å²) < 4.78 is 0.887. The van der Waals surface area contributed by atoms with Crippen LogP contribution in [0.4, 0.5) is 0 Å². The Kier molecular flexibility index (Phi) is 4.00. The van der Waals surface area contributed by atoms with E-state index in [0.29, 0.717) is 12.6 Å². The molecule has 0 bridgehead atoms. The number of likely N-dealkylation sites (N-methyl/N-ethyl adjacent to an activating group) is 1. The fraction of sp³-hybridized carbons (Fsp3) is 0.500. The lowest BCUT2D eigenvalue weighted by Gasteiger charge is -2.23. The van der Waals surface area contributed by atoms with Crippen molar-refractivity contribution < 1.29 is 4.79 Å². The Bertz CT molecular complexity index is 414. The lowest BCUT2D eigenvalue weighted by molar-refractivity contribution is 0.0916. The summed E-state index contributed by atoms with van der Waals surface area (Å²) in [6.07, 6.45) is 2.63. The summed E-state index contributed by atoms with van der Waals surface area (Å²) >= 11 is 3.43. The molecule has 1 unspecified atom stereocenters. The van der Waals surface area contributed by atoms with E-state index in [1.165, 1.54) is 12.8 Å². The summed E-state index contributed by atoms with van der Waals surface area (Å²) in [5.41, 5.74) is 0.780. The van der Waals surface area contributed by atoms with Crippen LogP contribution in [0, 0.1) is 5.92 Å². The highest BCUT2D eigenvalue weighted by molar-refractivity contribution is 9.10. The fourth-order valence-corrected chi connectivity index (χ4v) is 2.59. The molecular weight excluding hydrogens is 278 g/mol. The predicted octanol–water partition coefficient (Wildman–Crippen LogP) is 3.36. The molecule has 1 aliphatic rings. The van der Waals surface area contributed by atoms with E-state index >= 15 is 0 Å². The molecule has 2 nitrogen and oxygen atoms in total. The topological polar surface area (TPSA) is 20.3 Å². The first-order chi connectivity index (χ1) is 8.09. The first kappa shape index (κ1) is 12.8. The third kappa shape index (κ3) is 3.17. The molecule has 92 valence electrons. The molecule has 1 aromatic carbocycles. The smallest absolute Gasteiger partial charge is 0.177 e. The Hall–Kier alpha value is -0.670. The van der Waals surface area contributed by atoms with E-state index in [1.54, 1.807) is 0 Å². The third-order valence-corrected chi connectivity index (χ3v) is 4.26. The zero-order valence-electron chi connectivity index (χ0n) is 10.3. The second-order valence-electron chi connectivity index (χ2n) is 4.90. The number of hydrogen-bond acceptors (Lipinski definition) is 2. The van der Waals surface area contributed by atoms with E-state index in [9.17, 15) is 4.79 Å². The van der Waals surface area contributed by atoms with Gasteiger partial charge in [0.05, 0.1) is 6.54 Å². The summed E-state index contributed by atoms with van der Waals surface area (Å²) in [6, 6.07) is 8.14. The zero-order chi connectivity index (χ0) is 12.4. The highest BCUT2D eigenvalue weighted by atomic mass is 79.9. The zero-order valence-corrected chi connectivity index (χ0v) is 11.9. The van der Waals surface area contributed by atoms with Crippen molar-refractivity contribution in [3.05, 3.63) is 34.3 Å². The molecule has 0 aliphatic heterocycles. The average Bonchev–Trinajstić information content (AvgIpc) is 3.12. The highest BCUT2D eigenvalue weighted by Crippen LogP contribution is 2.34. The largest absolute Gasteiger partial charge is 0.296 e. The minimum absolute atomic E-state index is 0.187. The van der Waals surface area contributed by atoms with Gasteiger partial charge in [-0.05, 0) is 38.8 Å². The molecule has 1 aromatic rings. The van der Waals surface area contributed by atoms with Gasteiger partial charge in [0.1, 0.15) is 0 Å². The van der Waals surface area contributed by atoms with Crippen molar-refractivity contribution in [1.29, 1.82) is 0 Å². The maximum Gasteiger partial charge on any atom is 0.177 e. The highest BCUT2D eigenvalue weighted by Gasteiger charge is 2.31. The first-order valence-electron chi connectivity index (χ1n) is 6.07. The van der Waals surface area contributed by atoms with Crippen LogP contribution >= 0.6 is 15.9 Å². The van der Waals surface area contributed by atoms with Gasteiger partial charge in [-0.2, -0.15) is 0 Å². The standard InChI is InChI=1S/C14H18BrNO/c1-10(11-7-8-11)16(2)9-14(17)12-5-3-4-6-13(12)15/h3-6,10-11H,7-9H2,1-2H3.